The van der Waals surface area contributed by atoms with E-state index in [1.54, 1.807) is 0 Å². The van der Waals surface area contributed by atoms with Gasteiger partial charge in [-0.05, 0) is 101 Å². The summed E-state index contributed by atoms with van der Waals surface area (Å²) in [6, 6.07) is 23.5. The van der Waals surface area contributed by atoms with Gasteiger partial charge in [0, 0.05) is 10.8 Å². The molecule has 0 unspecified atom stereocenters. The van der Waals surface area contributed by atoms with Crippen LogP contribution in [-0.4, -0.2) is 18.3 Å². The molecule has 0 aliphatic carbocycles. The number of rotatable bonds is 2. The monoisotopic (exact) mass is 525 g/mol. The van der Waals surface area contributed by atoms with Crippen LogP contribution in [0.15, 0.2) is 107 Å². The van der Waals surface area contributed by atoms with Crippen molar-refractivity contribution in [2.75, 3.05) is 0 Å². The molecule has 1 saturated heterocycles. The molecule has 1 aliphatic heterocycles. The first kappa shape index (κ1) is 19.0. The molecule has 4 heteroatoms. The van der Waals surface area contributed by atoms with Crippen LogP contribution < -0.4 is 5.46 Å². The Kier molecular flexibility index (Phi) is 3.90. The van der Waals surface area contributed by atoms with Crippen molar-refractivity contribution in [2.24, 2.45) is 0 Å². The summed E-state index contributed by atoms with van der Waals surface area (Å²) in [5.41, 5.74) is 0.213. The molecule has 0 atom stereocenters. The summed E-state index contributed by atoms with van der Waals surface area (Å²) in [5.74, 6) is 0. The minimum atomic E-state index is -0.879. The highest BCUT2D eigenvalue weighted by molar-refractivity contribution is 6.66. The van der Waals surface area contributed by atoms with Crippen molar-refractivity contribution in [3.05, 3.63) is 103 Å². The van der Waals surface area contributed by atoms with Gasteiger partial charge in [0.2, 0.25) is 0 Å². The van der Waals surface area contributed by atoms with E-state index >= 15 is 0 Å². The first-order valence-corrected chi connectivity index (χ1v) is 13.5. The molecule has 1 fully saturated rings. The van der Waals surface area contributed by atoms with Gasteiger partial charge in [-0.15, -0.1) is 0 Å². The van der Waals surface area contributed by atoms with Gasteiger partial charge in [0.25, 0.3) is 0 Å². The summed E-state index contributed by atoms with van der Waals surface area (Å²) < 4.78 is 63.5. The number of hydrogen-bond donors (Lipinski definition) is 0. The van der Waals surface area contributed by atoms with E-state index in [0.717, 1.165) is 32.3 Å². The second-order valence-corrected chi connectivity index (χ2v) is 11.6. The Balaban J connectivity index is 1.45. The molecule has 1 aliphatic rings. The molecule has 1 aromatic heterocycles. The Labute approximate surface area is 240 Å². The quantitative estimate of drug-likeness (QED) is 0.167. The van der Waals surface area contributed by atoms with Crippen LogP contribution in [0.3, 0.4) is 0 Å². The van der Waals surface area contributed by atoms with Crippen LogP contribution in [0.25, 0.3) is 65.4 Å². The lowest BCUT2D eigenvalue weighted by Crippen LogP contribution is -2.41. The average Bonchev–Trinajstić information content (AvgIpc) is 3.52. The molecule has 0 radical (unpaired) electrons. The van der Waals surface area contributed by atoms with Crippen molar-refractivity contribution >= 4 is 66.8 Å². The van der Waals surface area contributed by atoms with Crippen molar-refractivity contribution in [1.29, 1.82) is 0 Å². The van der Waals surface area contributed by atoms with Crippen molar-refractivity contribution in [3.8, 4) is 11.1 Å². The molecule has 0 saturated carbocycles. The lowest BCUT2D eigenvalue weighted by molar-refractivity contribution is 0.00578. The molecular formula is C36H29BO3. The molecule has 0 bridgehead atoms. The third-order valence-corrected chi connectivity index (χ3v) is 8.70. The van der Waals surface area contributed by atoms with E-state index in [0.29, 0.717) is 27.4 Å². The molecule has 3 nitrogen and oxygen atoms in total. The molecule has 7 aromatic rings. The maximum atomic E-state index is 9.51. The predicted octanol–water partition coefficient (Wildman–Crippen LogP) is 9.01. The minimum Gasteiger partial charge on any atom is -0.456 e. The van der Waals surface area contributed by atoms with Gasteiger partial charge >= 0.3 is 7.12 Å². The van der Waals surface area contributed by atoms with Crippen LogP contribution in [-0.2, 0) is 9.31 Å². The van der Waals surface area contributed by atoms with Crippen LogP contribution >= 0.6 is 0 Å². The Morgan fingerprint density at radius 3 is 1.85 bits per heavy atom. The number of benzene rings is 6. The summed E-state index contributed by atoms with van der Waals surface area (Å²) in [6.07, 6.45) is 0. The number of hydrogen-bond acceptors (Lipinski definition) is 3. The lowest BCUT2D eigenvalue weighted by atomic mass is 9.76. The van der Waals surface area contributed by atoms with Gasteiger partial charge < -0.3 is 13.7 Å². The average molecular weight is 525 g/mol. The smallest absolute Gasteiger partial charge is 0.456 e. The van der Waals surface area contributed by atoms with E-state index in [1.807, 2.05) is 70.2 Å². The van der Waals surface area contributed by atoms with E-state index in [-0.39, 0.29) is 41.4 Å². The third-order valence-electron chi connectivity index (χ3n) is 8.70. The Bertz CT molecular complexity index is 2360. The predicted molar refractivity (Wildman–Crippen MR) is 167 cm³/mol. The van der Waals surface area contributed by atoms with Crippen molar-refractivity contribution in [1.82, 2.24) is 0 Å². The summed E-state index contributed by atoms with van der Waals surface area (Å²) in [6.45, 7) is 7.75. The second-order valence-electron chi connectivity index (χ2n) is 11.6. The van der Waals surface area contributed by atoms with E-state index in [4.69, 9.17) is 19.2 Å². The molecule has 6 aromatic carbocycles. The van der Waals surface area contributed by atoms with E-state index in [9.17, 15) is 1.37 Å². The van der Waals surface area contributed by atoms with Gasteiger partial charge in [-0.3, -0.25) is 0 Å². The standard InChI is InChI=1S/C36H29BO3/c1-35(2)36(3,4)40-37(39-35)31-14-9-15-33-34(31)30-21-23(17-19-32(30)38-33)22-16-18-28-26-12-6-5-10-24(26)25-11-7-8-13-27(25)29(28)20-22/h5-21H,1-4H3/i9D,15D,17D,19D,21D. The molecular weight excluding hydrogens is 491 g/mol. The fraction of sp³-hybridized carbons (Fsp3) is 0.167. The van der Waals surface area contributed by atoms with Gasteiger partial charge in [0.1, 0.15) is 11.2 Å². The van der Waals surface area contributed by atoms with Gasteiger partial charge in [0.05, 0.1) is 18.1 Å². The number of furan rings is 1. The Morgan fingerprint density at radius 2 is 1.20 bits per heavy atom. The summed E-state index contributed by atoms with van der Waals surface area (Å²) >= 11 is 0. The zero-order valence-electron chi connectivity index (χ0n) is 27.7. The largest absolute Gasteiger partial charge is 0.495 e. The summed E-state index contributed by atoms with van der Waals surface area (Å²) in [5, 5.41) is 7.24. The highest BCUT2D eigenvalue weighted by Crippen LogP contribution is 2.40. The van der Waals surface area contributed by atoms with E-state index in [1.165, 1.54) is 6.07 Å². The van der Waals surface area contributed by atoms with Gasteiger partial charge in [-0.2, -0.15) is 0 Å². The maximum Gasteiger partial charge on any atom is 0.495 e. The van der Waals surface area contributed by atoms with Gasteiger partial charge in [-0.1, -0.05) is 78.8 Å². The Morgan fingerprint density at radius 1 is 0.600 bits per heavy atom. The maximum absolute atomic E-state index is 9.51. The SMILES string of the molecule is [2H]c1cc(B2OC(C)(C)C(C)(C)O2)c2c(oc3c([2H])c([2H])c(-c4ccc5c6ccccc6c6ccccc6c5c4)c([2H])c32)c1[2H]. The summed E-state index contributed by atoms with van der Waals surface area (Å²) in [4.78, 5) is 0. The minimum absolute atomic E-state index is 0.0177. The topological polar surface area (TPSA) is 31.6 Å². The molecule has 0 spiro atoms. The number of fused-ring (bicyclic) bond motifs is 9. The molecule has 40 heavy (non-hydrogen) atoms. The fourth-order valence-corrected chi connectivity index (χ4v) is 5.89. The van der Waals surface area contributed by atoms with Gasteiger partial charge in [-0.25, -0.2) is 0 Å². The molecule has 2 heterocycles. The van der Waals surface area contributed by atoms with Crippen molar-refractivity contribution in [3.63, 3.8) is 0 Å². The normalized spacial score (nSPS) is 18.4. The van der Waals surface area contributed by atoms with Crippen molar-refractivity contribution < 1.29 is 20.6 Å². The zero-order valence-corrected chi connectivity index (χ0v) is 22.7. The van der Waals surface area contributed by atoms with Crippen LogP contribution in [0.2, 0.25) is 0 Å². The highest BCUT2D eigenvalue weighted by atomic mass is 16.7. The summed E-state index contributed by atoms with van der Waals surface area (Å²) in [7, 11) is -0.879. The first-order valence-electron chi connectivity index (χ1n) is 16.0. The van der Waals surface area contributed by atoms with E-state index in [2.05, 4.69) is 24.3 Å². The molecule has 8 rings (SSSR count). The Hall–Kier alpha value is -4.12. The first-order chi connectivity index (χ1) is 21.4. The second kappa shape index (κ2) is 8.20. The van der Waals surface area contributed by atoms with Crippen LogP contribution in [0.1, 0.15) is 34.5 Å². The van der Waals surface area contributed by atoms with E-state index < -0.39 is 18.3 Å². The zero-order chi connectivity index (χ0) is 31.6. The van der Waals surface area contributed by atoms with Crippen LogP contribution in [0.5, 0.6) is 0 Å². The lowest BCUT2D eigenvalue weighted by Gasteiger charge is -2.32. The third kappa shape index (κ3) is 3.33. The van der Waals surface area contributed by atoms with Crippen molar-refractivity contribution in [2.45, 2.75) is 38.9 Å². The van der Waals surface area contributed by atoms with Gasteiger partial charge in [0.15, 0.2) is 0 Å². The molecule has 0 N–H and O–H groups in total. The molecule has 194 valence electrons. The highest BCUT2D eigenvalue weighted by Gasteiger charge is 2.52. The van der Waals surface area contributed by atoms with Crippen LogP contribution in [0.4, 0.5) is 0 Å². The molecule has 0 amide bonds. The fourth-order valence-electron chi connectivity index (χ4n) is 5.89. The van der Waals surface area contributed by atoms with Crippen LogP contribution in [0, 0.1) is 0 Å².